The van der Waals surface area contributed by atoms with Crippen molar-refractivity contribution in [3.63, 3.8) is 0 Å². The predicted molar refractivity (Wildman–Crippen MR) is 96.1 cm³/mol. The molecule has 0 spiro atoms. The Labute approximate surface area is 139 Å². The molecule has 1 fully saturated rings. The Kier molecular flexibility index (Phi) is 7.56. The summed E-state index contributed by atoms with van der Waals surface area (Å²) in [6.07, 6.45) is 5.81. The number of benzene rings is 1. The molecule has 1 aliphatic rings. The van der Waals surface area contributed by atoms with Crippen molar-refractivity contribution < 1.29 is 4.84 Å². The molecule has 23 heavy (non-hydrogen) atoms. The van der Waals surface area contributed by atoms with Gasteiger partial charge in [-0.2, -0.15) is 0 Å². The predicted octanol–water partition coefficient (Wildman–Crippen LogP) is 2.17. The lowest BCUT2D eigenvalue weighted by Crippen LogP contribution is -2.36. The fraction of sp³-hybridized carbons (Fsp3) is 0.529. The Bertz CT molecular complexity index is 468. The van der Waals surface area contributed by atoms with Crippen molar-refractivity contribution in [3.8, 4) is 0 Å². The average molecular weight is 319 g/mol. The summed E-state index contributed by atoms with van der Waals surface area (Å²) < 4.78 is 0. The van der Waals surface area contributed by atoms with Gasteiger partial charge in [-0.15, -0.1) is 0 Å². The van der Waals surface area contributed by atoms with Gasteiger partial charge in [-0.05, 0) is 50.2 Å². The Hall–Kier alpha value is -1.92. The van der Waals surface area contributed by atoms with Gasteiger partial charge in [0, 0.05) is 31.5 Å². The van der Waals surface area contributed by atoms with Crippen molar-refractivity contribution in [3.05, 3.63) is 36.3 Å². The maximum Gasteiger partial charge on any atom is 0.122 e. The first-order valence-electron chi connectivity index (χ1n) is 8.31. The fourth-order valence-electron chi connectivity index (χ4n) is 2.66. The molecule has 2 rings (SSSR count). The molecule has 0 bridgehead atoms. The normalized spacial score (nSPS) is 16.0. The summed E-state index contributed by atoms with van der Waals surface area (Å²) in [7, 11) is 3.52. The molecule has 1 aromatic rings. The van der Waals surface area contributed by atoms with Gasteiger partial charge in [0.15, 0.2) is 0 Å². The number of hydrogen-bond donors (Lipinski definition) is 4. The molecular formula is C17H29N5O. The van der Waals surface area contributed by atoms with Crippen LogP contribution in [0.2, 0.25) is 0 Å². The number of nitrogens with zero attached hydrogens (tertiary/aromatic N) is 1. The topological polar surface area (TPSA) is 60.6 Å². The molecule has 6 nitrogen and oxygen atoms in total. The Morgan fingerprint density at radius 1 is 1.13 bits per heavy atom. The average Bonchev–Trinajstić information content (AvgIpc) is 2.61. The van der Waals surface area contributed by atoms with Gasteiger partial charge >= 0.3 is 0 Å². The highest BCUT2D eigenvalue weighted by Gasteiger charge is 2.09. The number of rotatable bonds is 9. The highest BCUT2D eigenvalue weighted by atomic mass is 16.6. The van der Waals surface area contributed by atoms with E-state index >= 15 is 0 Å². The van der Waals surface area contributed by atoms with Crippen molar-refractivity contribution in [1.82, 2.24) is 15.7 Å². The number of hydroxylamine groups is 1. The molecule has 0 aliphatic carbocycles. The molecule has 6 heteroatoms. The highest BCUT2D eigenvalue weighted by Crippen LogP contribution is 2.14. The quantitative estimate of drug-likeness (QED) is 0.523. The van der Waals surface area contributed by atoms with Crippen LogP contribution in [0.5, 0.6) is 0 Å². The van der Waals surface area contributed by atoms with Crippen molar-refractivity contribution in [1.29, 1.82) is 0 Å². The molecule has 1 heterocycles. The fourth-order valence-corrected chi connectivity index (χ4v) is 2.66. The van der Waals surface area contributed by atoms with Gasteiger partial charge < -0.3 is 20.9 Å². The molecule has 0 saturated carbocycles. The first-order valence-corrected chi connectivity index (χ1v) is 8.31. The van der Waals surface area contributed by atoms with Crippen LogP contribution in [0.15, 0.2) is 36.3 Å². The lowest BCUT2D eigenvalue weighted by Gasteiger charge is -2.26. The van der Waals surface area contributed by atoms with E-state index in [9.17, 15) is 0 Å². The second kappa shape index (κ2) is 9.97. The zero-order valence-electron chi connectivity index (χ0n) is 14.2. The lowest BCUT2D eigenvalue weighted by atomic mass is 10.1. The van der Waals surface area contributed by atoms with E-state index in [1.54, 1.807) is 13.3 Å². The molecule has 0 atom stereocenters. The van der Waals surface area contributed by atoms with Crippen LogP contribution in [-0.2, 0) is 4.84 Å². The van der Waals surface area contributed by atoms with Crippen LogP contribution in [0.4, 0.5) is 11.4 Å². The van der Waals surface area contributed by atoms with Crippen LogP contribution in [-0.4, -0.2) is 45.2 Å². The van der Waals surface area contributed by atoms with Gasteiger partial charge in [-0.1, -0.05) is 6.42 Å². The summed E-state index contributed by atoms with van der Waals surface area (Å²) in [4.78, 5) is 7.43. The lowest BCUT2D eigenvalue weighted by molar-refractivity contribution is 0.127. The van der Waals surface area contributed by atoms with Crippen molar-refractivity contribution in [2.75, 3.05) is 51.0 Å². The van der Waals surface area contributed by atoms with Gasteiger partial charge in [0.2, 0.25) is 0 Å². The largest absolute Gasteiger partial charge is 0.388 e. The summed E-state index contributed by atoms with van der Waals surface area (Å²) in [5, 5.41) is 9.91. The first-order chi connectivity index (χ1) is 11.3. The molecular weight excluding hydrogens is 290 g/mol. The second-order valence-corrected chi connectivity index (χ2v) is 5.66. The third-order valence-corrected chi connectivity index (χ3v) is 3.97. The third kappa shape index (κ3) is 6.38. The van der Waals surface area contributed by atoms with Gasteiger partial charge in [-0.25, -0.2) is 0 Å². The van der Waals surface area contributed by atoms with Crippen molar-refractivity contribution >= 4 is 11.4 Å². The summed E-state index contributed by atoms with van der Waals surface area (Å²) in [5.74, 6) is 0.890. The number of likely N-dealkylation sites (tertiary alicyclic amines) is 1. The van der Waals surface area contributed by atoms with Crippen molar-refractivity contribution in [2.24, 2.45) is 0 Å². The molecule has 1 aromatic carbocycles. The summed E-state index contributed by atoms with van der Waals surface area (Å²) in [6, 6.07) is 8.16. The summed E-state index contributed by atoms with van der Waals surface area (Å²) in [6.45, 7) is 4.40. The molecule has 4 N–H and O–H groups in total. The molecule has 0 aromatic heterocycles. The van der Waals surface area contributed by atoms with Crippen LogP contribution >= 0.6 is 0 Å². The molecule has 1 aliphatic heterocycles. The summed E-state index contributed by atoms with van der Waals surface area (Å²) >= 11 is 0. The van der Waals surface area contributed by atoms with E-state index in [2.05, 4.69) is 26.3 Å². The Morgan fingerprint density at radius 3 is 2.48 bits per heavy atom. The minimum atomic E-state index is 0.890. The van der Waals surface area contributed by atoms with E-state index in [1.165, 1.54) is 32.4 Å². The monoisotopic (exact) mass is 319 g/mol. The van der Waals surface area contributed by atoms with Crippen LogP contribution in [0.3, 0.4) is 0 Å². The maximum absolute atomic E-state index is 4.92. The minimum Gasteiger partial charge on any atom is -0.388 e. The number of nitrogens with one attached hydrogen (secondary N) is 4. The standard InChI is InChI=1S/C17H29N5O/c1-18-15-6-8-16(9-7-15)21-17(14-20-23-2)19-10-13-22-11-4-3-5-12-22/h6-9,14,18-21H,3-5,10-13H2,1-2H3/b17-14+. The first kappa shape index (κ1) is 17.4. The van der Waals surface area contributed by atoms with Gasteiger partial charge in [0.25, 0.3) is 0 Å². The molecule has 0 amide bonds. The number of piperidine rings is 1. The SMILES string of the molecule is CNc1ccc(N/C(=C/NOC)NCCN2CCCCC2)cc1. The van der Waals surface area contributed by atoms with E-state index in [1.807, 2.05) is 31.3 Å². The zero-order valence-corrected chi connectivity index (χ0v) is 14.2. The molecule has 0 radical (unpaired) electrons. The minimum absolute atomic E-state index is 0.890. The smallest absolute Gasteiger partial charge is 0.122 e. The third-order valence-electron chi connectivity index (χ3n) is 3.97. The highest BCUT2D eigenvalue weighted by molar-refractivity contribution is 5.55. The second-order valence-electron chi connectivity index (χ2n) is 5.66. The van der Waals surface area contributed by atoms with Crippen LogP contribution in [0.1, 0.15) is 19.3 Å². The van der Waals surface area contributed by atoms with Gasteiger partial charge in [0.1, 0.15) is 5.82 Å². The zero-order chi connectivity index (χ0) is 16.3. The van der Waals surface area contributed by atoms with E-state index < -0.39 is 0 Å². The number of anilines is 2. The maximum atomic E-state index is 4.92. The van der Waals surface area contributed by atoms with Crippen LogP contribution in [0.25, 0.3) is 0 Å². The van der Waals surface area contributed by atoms with Gasteiger partial charge in [0.05, 0.1) is 13.3 Å². The molecule has 128 valence electrons. The van der Waals surface area contributed by atoms with E-state index in [0.717, 1.165) is 30.3 Å². The number of hydrogen-bond acceptors (Lipinski definition) is 6. The Morgan fingerprint density at radius 2 is 1.83 bits per heavy atom. The molecule has 0 unspecified atom stereocenters. The van der Waals surface area contributed by atoms with E-state index in [-0.39, 0.29) is 0 Å². The van der Waals surface area contributed by atoms with Gasteiger partial charge in [-0.3, -0.25) is 10.3 Å². The Balaban J connectivity index is 1.83. The van der Waals surface area contributed by atoms with E-state index in [4.69, 9.17) is 4.84 Å². The van der Waals surface area contributed by atoms with Crippen LogP contribution < -0.4 is 21.4 Å². The summed E-state index contributed by atoms with van der Waals surface area (Å²) in [5.41, 5.74) is 4.88. The van der Waals surface area contributed by atoms with Crippen LogP contribution in [0, 0.1) is 0 Å². The molecule has 1 saturated heterocycles. The van der Waals surface area contributed by atoms with E-state index in [0.29, 0.717) is 0 Å². The van der Waals surface area contributed by atoms with Crippen molar-refractivity contribution in [2.45, 2.75) is 19.3 Å².